The van der Waals surface area contributed by atoms with Crippen LogP contribution < -0.4 is 5.43 Å². The maximum Gasteiger partial charge on any atom is 0.292 e. The molecule has 1 aliphatic carbocycles. The summed E-state index contributed by atoms with van der Waals surface area (Å²) in [4.78, 5) is 12.1. The van der Waals surface area contributed by atoms with Gasteiger partial charge in [-0.3, -0.25) is 9.89 Å². The number of fused-ring (bicyclic) bond motifs is 1. The number of halogens is 2. The molecule has 0 spiro atoms. The molecule has 0 bridgehead atoms. The highest BCUT2D eigenvalue weighted by molar-refractivity contribution is 14.1. The molecule has 22 heavy (non-hydrogen) atoms. The second-order valence-electron chi connectivity index (χ2n) is 4.91. The summed E-state index contributed by atoms with van der Waals surface area (Å²) in [5, 5.41) is 20.8. The summed E-state index contributed by atoms with van der Waals surface area (Å²) in [5.74, 6) is -0.185. The number of phenols is 1. The molecule has 0 unspecified atom stereocenters. The van der Waals surface area contributed by atoms with Crippen LogP contribution in [0, 0.1) is 7.14 Å². The Morgan fingerprint density at radius 2 is 2.23 bits per heavy atom. The quantitative estimate of drug-likeness (QED) is 0.329. The molecule has 0 saturated heterocycles. The van der Waals surface area contributed by atoms with Gasteiger partial charge in [0.05, 0.1) is 9.78 Å². The number of aromatic amines is 1. The molecular formula is C14H12I2N4O2. The number of hydrogen-bond donors (Lipinski definition) is 3. The number of H-pyrrole nitrogens is 1. The lowest BCUT2D eigenvalue weighted by atomic mass is 10.2. The number of aromatic nitrogens is 2. The van der Waals surface area contributed by atoms with E-state index in [0.717, 1.165) is 37.7 Å². The van der Waals surface area contributed by atoms with Gasteiger partial charge in [0.1, 0.15) is 5.75 Å². The number of nitrogens with one attached hydrogen (secondary N) is 2. The van der Waals surface area contributed by atoms with Crippen LogP contribution in [0.25, 0.3) is 0 Å². The van der Waals surface area contributed by atoms with Crippen molar-refractivity contribution in [3.63, 3.8) is 0 Å². The Hall–Kier alpha value is -1.17. The van der Waals surface area contributed by atoms with E-state index in [0.29, 0.717) is 11.3 Å². The first kappa shape index (κ1) is 15.7. The van der Waals surface area contributed by atoms with Crippen molar-refractivity contribution in [2.24, 2.45) is 5.10 Å². The fraction of sp³-hybridized carbons (Fsp3) is 0.214. The summed E-state index contributed by atoms with van der Waals surface area (Å²) in [6, 6.07) is 3.65. The summed E-state index contributed by atoms with van der Waals surface area (Å²) in [7, 11) is 0. The van der Waals surface area contributed by atoms with Gasteiger partial charge in [-0.2, -0.15) is 10.2 Å². The molecule has 1 heterocycles. The molecule has 0 aliphatic heterocycles. The van der Waals surface area contributed by atoms with Gasteiger partial charge in [-0.05, 0) is 76.6 Å². The van der Waals surface area contributed by atoms with Crippen molar-refractivity contribution in [3.05, 3.63) is 41.8 Å². The molecule has 2 aromatic rings. The molecule has 1 aromatic carbocycles. The van der Waals surface area contributed by atoms with Crippen molar-refractivity contribution < 1.29 is 9.90 Å². The Bertz CT molecular complexity index is 770. The van der Waals surface area contributed by atoms with Gasteiger partial charge in [-0.25, -0.2) is 5.43 Å². The molecule has 0 fully saturated rings. The van der Waals surface area contributed by atoms with E-state index in [1.807, 2.05) is 6.07 Å². The van der Waals surface area contributed by atoms with Crippen LogP contribution in [0.1, 0.15) is 33.7 Å². The van der Waals surface area contributed by atoms with Crippen molar-refractivity contribution in [2.75, 3.05) is 0 Å². The summed E-state index contributed by atoms with van der Waals surface area (Å²) < 4.78 is 1.72. The lowest BCUT2D eigenvalue weighted by Crippen LogP contribution is -2.19. The summed E-state index contributed by atoms with van der Waals surface area (Å²) >= 11 is 4.21. The predicted octanol–water partition coefficient (Wildman–Crippen LogP) is 2.58. The maximum absolute atomic E-state index is 12.1. The first-order valence-corrected chi connectivity index (χ1v) is 8.79. The van der Waals surface area contributed by atoms with Gasteiger partial charge in [0, 0.05) is 20.4 Å². The third-order valence-corrected chi connectivity index (χ3v) is 4.89. The lowest BCUT2D eigenvalue weighted by Gasteiger charge is -2.03. The van der Waals surface area contributed by atoms with E-state index in [-0.39, 0.29) is 11.7 Å². The zero-order chi connectivity index (χ0) is 15.7. The monoisotopic (exact) mass is 522 g/mol. The van der Waals surface area contributed by atoms with Crippen LogP contribution in [-0.2, 0) is 12.8 Å². The Morgan fingerprint density at radius 3 is 3.05 bits per heavy atom. The lowest BCUT2D eigenvalue weighted by molar-refractivity contribution is 0.0949. The fourth-order valence-electron chi connectivity index (χ4n) is 2.40. The molecule has 114 valence electrons. The number of nitrogens with zero attached hydrogens (tertiary/aromatic N) is 2. The number of aromatic hydroxyl groups is 1. The minimum Gasteiger partial charge on any atom is -0.506 e. The smallest absolute Gasteiger partial charge is 0.292 e. The average Bonchev–Trinajstić information content (AvgIpc) is 3.06. The number of carbonyl (C=O) groups is 1. The highest BCUT2D eigenvalue weighted by Gasteiger charge is 2.22. The number of amides is 1. The second-order valence-corrected chi connectivity index (χ2v) is 7.32. The van der Waals surface area contributed by atoms with Crippen LogP contribution in [0.15, 0.2) is 17.2 Å². The second kappa shape index (κ2) is 6.52. The molecule has 1 amide bonds. The molecular weight excluding hydrogens is 510 g/mol. The van der Waals surface area contributed by atoms with Crippen molar-refractivity contribution in [1.82, 2.24) is 15.6 Å². The van der Waals surface area contributed by atoms with E-state index in [9.17, 15) is 9.90 Å². The molecule has 0 atom stereocenters. The number of aryl methyl sites for hydroxylation is 1. The van der Waals surface area contributed by atoms with E-state index < -0.39 is 0 Å². The Morgan fingerprint density at radius 1 is 1.41 bits per heavy atom. The van der Waals surface area contributed by atoms with Gasteiger partial charge in [0.15, 0.2) is 5.69 Å². The summed E-state index contributed by atoms with van der Waals surface area (Å²) in [6.07, 6.45) is 4.29. The van der Waals surface area contributed by atoms with Crippen LogP contribution in [0.3, 0.4) is 0 Å². The van der Waals surface area contributed by atoms with E-state index in [4.69, 9.17) is 0 Å². The normalized spacial score (nSPS) is 13.5. The first-order chi connectivity index (χ1) is 10.6. The minimum absolute atomic E-state index is 0.152. The molecule has 6 nitrogen and oxygen atoms in total. The number of rotatable bonds is 3. The molecule has 1 aliphatic rings. The standard InChI is InChI=1S/C14H12I2N4O2/c15-8-4-7(13(21)10(16)5-8)6-17-20-14(22)12-9-2-1-3-11(9)18-19-12/h4-6,21H,1-3H2,(H,18,19)(H,20,22)/b17-6+. The molecule has 3 N–H and O–H groups in total. The predicted molar refractivity (Wildman–Crippen MR) is 99.2 cm³/mol. The van der Waals surface area contributed by atoms with E-state index in [2.05, 4.69) is 65.9 Å². The van der Waals surface area contributed by atoms with E-state index in [1.54, 1.807) is 6.07 Å². The van der Waals surface area contributed by atoms with Gasteiger partial charge in [-0.1, -0.05) is 0 Å². The number of hydrogen-bond acceptors (Lipinski definition) is 4. The fourth-order valence-corrected chi connectivity index (χ4v) is 4.29. The van der Waals surface area contributed by atoms with Crippen molar-refractivity contribution in [1.29, 1.82) is 0 Å². The molecule has 0 saturated carbocycles. The van der Waals surface area contributed by atoms with Crippen LogP contribution >= 0.6 is 45.2 Å². The minimum atomic E-state index is -0.338. The molecule has 8 heteroatoms. The Labute approximate surface area is 154 Å². The zero-order valence-electron chi connectivity index (χ0n) is 11.4. The van der Waals surface area contributed by atoms with E-state index >= 15 is 0 Å². The number of benzene rings is 1. The molecule has 0 radical (unpaired) electrons. The Kier molecular flexibility index (Phi) is 4.66. The molecule has 1 aromatic heterocycles. The summed E-state index contributed by atoms with van der Waals surface area (Å²) in [6.45, 7) is 0. The number of phenolic OH excluding ortho intramolecular Hbond substituents is 1. The van der Waals surface area contributed by atoms with Crippen molar-refractivity contribution in [3.8, 4) is 5.75 Å². The Balaban J connectivity index is 1.73. The van der Waals surface area contributed by atoms with Gasteiger partial charge in [-0.15, -0.1) is 0 Å². The van der Waals surface area contributed by atoms with Crippen LogP contribution in [0.4, 0.5) is 0 Å². The largest absolute Gasteiger partial charge is 0.506 e. The number of carbonyl (C=O) groups excluding carboxylic acids is 1. The summed E-state index contributed by atoms with van der Waals surface area (Å²) in [5.41, 5.74) is 5.46. The van der Waals surface area contributed by atoms with Gasteiger partial charge < -0.3 is 5.11 Å². The average molecular weight is 522 g/mol. The maximum atomic E-state index is 12.1. The van der Waals surface area contributed by atoms with Crippen molar-refractivity contribution >= 4 is 57.3 Å². The van der Waals surface area contributed by atoms with Gasteiger partial charge in [0.25, 0.3) is 5.91 Å². The van der Waals surface area contributed by atoms with Crippen LogP contribution in [0.2, 0.25) is 0 Å². The van der Waals surface area contributed by atoms with Crippen molar-refractivity contribution in [2.45, 2.75) is 19.3 Å². The van der Waals surface area contributed by atoms with Crippen LogP contribution in [0.5, 0.6) is 5.75 Å². The van der Waals surface area contributed by atoms with Crippen LogP contribution in [-0.4, -0.2) is 27.4 Å². The third kappa shape index (κ3) is 3.12. The first-order valence-electron chi connectivity index (χ1n) is 6.64. The molecule has 3 rings (SSSR count). The SMILES string of the molecule is O=C(N/N=C/c1cc(I)cc(I)c1O)c1n[nH]c2c1CCC2. The number of hydrazone groups is 1. The zero-order valence-corrected chi connectivity index (χ0v) is 15.7. The van der Waals surface area contributed by atoms with Gasteiger partial charge in [0.2, 0.25) is 0 Å². The van der Waals surface area contributed by atoms with Gasteiger partial charge >= 0.3 is 0 Å². The highest BCUT2D eigenvalue weighted by Crippen LogP contribution is 2.25. The topological polar surface area (TPSA) is 90.4 Å². The van der Waals surface area contributed by atoms with E-state index in [1.165, 1.54) is 6.21 Å². The third-order valence-electron chi connectivity index (χ3n) is 3.45. The highest BCUT2D eigenvalue weighted by atomic mass is 127.